The third kappa shape index (κ3) is 96.0. The molecule has 0 aliphatic rings. The van der Waals surface area contributed by atoms with Crippen LogP contribution >= 0.6 is 99.3 Å². The molecule has 11 heteroatoms. The molecule has 0 atom stereocenters. The van der Waals surface area contributed by atoms with Crippen LogP contribution in [-0.4, -0.2) is 88.7 Å². The number of halogens is 8. The minimum atomic E-state index is 0. The number of hydrogen-bond donors (Lipinski definition) is 0. The first-order valence-electron chi connectivity index (χ1n) is 0. The van der Waals surface area contributed by atoms with E-state index in [0.717, 1.165) is 0 Å². The molecule has 70 valence electrons. The normalized spacial score (nSPS) is 0. The van der Waals surface area contributed by atoms with E-state index in [1.165, 1.54) is 0 Å². The zero-order valence-corrected chi connectivity index (χ0v) is 9.80. The van der Waals surface area contributed by atoms with Gasteiger partial charge in [-0.1, -0.05) is 0 Å². The third-order valence-corrected chi connectivity index (χ3v) is 0. The maximum atomic E-state index is 0. The van der Waals surface area contributed by atoms with Crippen molar-refractivity contribution in [3.05, 3.63) is 0 Å². The molecule has 11 heavy (non-hydrogen) atoms. The fourth-order valence-electron chi connectivity index (χ4n) is 0. The van der Waals surface area contributed by atoms with Crippen LogP contribution in [-0.2, 0) is 0 Å². The first kappa shape index (κ1) is 135. The molecule has 0 aromatic carbocycles. The van der Waals surface area contributed by atoms with E-state index >= 15 is 0 Å². The molecule has 0 aromatic heterocycles. The predicted octanol–water partition coefficient (Wildman–Crippen LogP) is 1.43. The Kier molecular flexibility index (Phi) is 1370. The van der Waals surface area contributed by atoms with Gasteiger partial charge < -0.3 is 0 Å². The molecule has 0 rings (SSSR count). The zero-order chi connectivity index (χ0) is 0. The average molecular weight is 364 g/mol. The van der Waals surface area contributed by atoms with Gasteiger partial charge >= 0.3 is 88.7 Å². The molecule has 0 radical (unpaired) electrons. The van der Waals surface area contributed by atoms with Crippen LogP contribution in [0.1, 0.15) is 0 Å². The molecule has 0 aromatic rings. The summed E-state index contributed by atoms with van der Waals surface area (Å²) >= 11 is 0. The maximum absolute atomic E-state index is 0. The van der Waals surface area contributed by atoms with Crippen molar-refractivity contribution in [1.82, 2.24) is 0 Å². The Morgan fingerprint density at radius 1 is 0.182 bits per heavy atom. The van der Waals surface area contributed by atoms with Gasteiger partial charge in [0.05, 0.1) is 0 Å². The molecule has 0 aliphatic carbocycles. The van der Waals surface area contributed by atoms with Crippen LogP contribution in [0.25, 0.3) is 0 Å². The molecule has 0 heterocycles. The van der Waals surface area contributed by atoms with Gasteiger partial charge in [0, 0.05) is 0 Å². The quantitative estimate of drug-likeness (QED) is 0.571. The van der Waals surface area contributed by atoms with E-state index in [2.05, 4.69) is 0 Å². The van der Waals surface area contributed by atoms with Crippen molar-refractivity contribution in [3.63, 3.8) is 0 Å². The molecule has 0 spiro atoms. The topological polar surface area (TPSA) is 0 Å². The van der Waals surface area contributed by atoms with Crippen LogP contribution in [0.4, 0.5) is 0 Å². The first-order valence-corrected chi connectivity index (χ1v) is 0. The van der Waals surface area contributed by atoms with Gasteiger partial charge in [-0.25, -0.2) is 0 Å². The van der Waals surface area contributed by atoms with Crippen molar-refractivity contribution in [2.45, 2.75) is 0 Å². The molecule has 0 nitrogen and oxygen atoms in total. The Morgan fingerprint density at radius 3 is 0.182 bits per heavy atom. The van der Waals surface area contributed by atoms with E-state index in [-0.39, 0.29) is 188 Å². The molecule has 0 bridgehead atoms. The molecule has 0 amide bonds. The van der Waals surface area contributed by atoms with Gasteiger partial charge in [0.1, 0.15) is 0 Å². The summed E-state index contributed by atoms with van der Waals surface area (Å²) in [6.07, 6.45) is 0. The monoisotopic (exact) mass is 360 g/mol. The summed E-state index contributed by atoms with van der Waals surface area (Å²) in [6, 6.07) is 0. The SMILES string of the molecule is Cl.Cl.Cl.Cl.Cl.Cl.Cl.Cl.[NaH].[NaH].[NaH]. The summed E-state index contributed by atoms with van der Waals surface area (Å²) in [5.41, 5.74) is 0. The van der Waals surface area contributed by atoms with Crippen LogP contribution in [0.3, 0.4) is 0 Å². The molecule has 0 saturated carbocycles. The van der Waals surface area contributed by atoms with Gasteiger partial charge in [-0.3, -0.25) is 0 Å². The van der Waals surface area contributed by atoms with Gasteiger partial charge in [-0.15, -0.1) is 99.3 Å². The van der Waals surface area contributed by atoms with Crippen LogP contribution in [0.15, 0.2) is 0 Å². The van der Waals surface area contributed by atoms with E-state index in [1.54, 1.807) is 0 Å². The molecule has 0 saturated heterocycles. The summed E-state index contributed by atoms with van der Waals surface area (Å²) < 4.78 is 0. The van der Waals surface area contributed by atoms with Crippen molar-refractivity contribution >= 4 is 188 Å². The summed E-state index contributed by atoms with van der Waals surface area (Å²) in [5.74, 6) is 0. The Hall–Kier alpha value is 5.32. The van der Waals surface area contributed by atoms with Gasteiger partial charge in [0.2, 0.25) is 0 Å². The van der Waals surface area contributed by atoms with Crippen molar-refractivity contribution in [1.29, 1.82) is 0 Å². The summed E-state index contributed by atoms with van der Waals surface area (Å²) in [5, 5.41) is 0. The Bertz CT molecular complexity index is 9.30. The third-order valence-electron chi connectivity index (χ3n) is 0. The van der Waals surface area contributed by atoms with Gasteiger partial charge in [-0.2, -0.15) is 0 Å². The second kappa shape index (κ2) is 111. The summed E-state index contributed by atoms with van der Waals surface area (Å²) in [7, 11) is 0. The number of rotatable bonds is 0. The summed E-state index contributed by atoms with van der Waals surface area (Å²) in [6.45, 7) is 0. The Labute approximate surface area is 184 Å². The number of hydrogen-bond acceptors (Lipinski definition) is 0. The fraction of sp³-hybridized carbons (Fsp3) is 0. The van der Waals surface area contributed by atoms with E-state index in [0.29, 0.717) is 0 Å². The molecule has 0 aliphatic heterocycles. The fourth-order valence-corrected chi connectivity index (χ4v) is 0. The van der Waals surface area contributed by atoms with Crippen LogP contribution in [0.5, 0.6) is 0 Å². The van der Waals surface area contributed by atoms with Gasteiger partial charge in [0.15, 0.2) is 0 Å². The van der Waals surface area contributed by atoms with E-state index in [4.69, 9.17) is 0 Å². The standard InChI is InChI=1S/8ClH.3Na.3H/h8*1H;;;;;;. The van der Waals surface area contributed by atoms with E-state index < -0.39 is 0 Å². The second-order valence-corrected chi connectivity index (χ2v) is 0. The van der Waals surface area contributed by atoms with Crippen LogP contribution < -0.4 is 0 Å². The molecule has 0 N–H and O–H groups in total. The van der Waals surface area contributed by atoms with Gasteiger partial charge in [-0.05, 0) is 0 Å². The molecule has 0 unspecified atom stereocenters. The van der Waals surface area contributed by atoms with E-state index in [9.17, 15) is 0 Å². The van der Waals surface area contributed by atoms with Gasteiger partial charge in [0.25, 0.3) is 0 Å². The Balaban J connectivity index is 0. The van der Waals surface area contributed by atoms with Crippen LogP contribution in [0.2, 0.25) is 0 Å². The van der Waals surface area contributed by atoms with E-state index in [1.807, 2.05) is 0 Å². The van der Waals surface area contributed by atoms with Crippen molar-refractivity contribution in [3.8, 4) is 0 Å². The molecule has 0 fully saturated rings. The molecular weight excluding hydrogens is 353 g/mol. The predicted molar refractivity (Wildman–Crippen MR) is 79.4 cm³/mol. The molecular formula is H11Cl8Na3. The Morgan fingerprint density at radius 2 is 0.182 bits per heavy atom. The zero-order valence-electron chi connectivity index (χ0n) is 3.27. The second-order valence-electron chi connectivity index (χ2n) is 0. The van der Waals surface area contributed by atoms with Crippen molar-refractivity contribution in [2.24, 2.45) is 0 Å². The summed E-state index contributed by atoms with van der Waals surface area (Å²) in [4.78, 5) is 0. The first-order chi connectivity index (χ1) is 0. The van der Waals surface area contributed by atoms with Crippen molar-refractivity contribution < 1.29 is 0 Å². The minimum absolute atomic E-state index is 0. The average Bonchev–Trinajstić information content (AvgIpc) is 0. The van der Waals surface area contributed by atoms with Crippen LogP contribution in [0, 0.1) is 0 Å². The van der Waals surface area contributed by atoms with Crippen molar-refractivity contribution in [2.75, 3.05) is 0 Å².